The molecule has 108 valence electrons. The van der Waals surface area contributed by atoms with Crippen LogP contribution in [-0.4, -0.2) is 5.75 Å². The van der Waals surface area contributed by atoms with E-state index in [1.54, 1.807) is 23.9 Å². The van der Waals surface area contributed by atoms with E-state index in [1.165, 1.54) is 6.07 Å². The Morgan fingerprint density at radius 2 is 2.00 bits per heavy atom. The van der Waals surface area contributed by atoms with E-state index in [1.807, 2.05) is 30.3 Å². The van der Waals surface area contributed by atoms with Gasteiger partial charge >= 0.3 is 0 Å². The van der Waals surface area contributed by atoms with Crippen molar-refractivity contribution in [2.45, 2.75) is 10.9 Å². The van der Waals surface area contributed by atoms with Gasteiger partial charge in [-0.15, -0.1) is 11.8 Å². The van der Waals surface area contributed by atoms with Crippen molar-refractivity contribution in [2.24, 2.45) is 5.73 Å². The van der Waals surface area contributed by atoms with Crippen LogP contribution in [-0.2, 0) is 0 Å². The van der Waals surface area contributed by atoms with E-state index >= 15 is 0 Å². The van der Waals surface area contributed by atoms with Crippen LogP contribution in [0.5, 0.6) is 0 Å². The summed E-state index contributed by atoms with van der Waals surface area (Å²) in [5.74, 6) is 0.847. The van der Waals surface area contributed by atoms with E-state index in [-0.39, 0.29) is 17.4 Å². The van der Waals surface area contributed by atoms with Crippen molar-refractivity contribution in [1.82, 2.24) is 0 Å². The van der Waals surface area contributed by atoms with Crippen LogP contribution >= 0.6 is 23.4 Å². The normalized spacial score (nSPS) is 12.7. The molecule has 5 heteroatoms. The van der Waals surface area contributed by atoms with Crippen LogP contribution in [0.25, 0.3) is 11.0 Å². The van der Waals surface area contributed by atoms with Gasteiger partial charge in [-0.1, -0.05) is 29.8 Å². The molecule has 2 aromatic carbocycles. The minimum Gasteiger partial charge on any atom is -0.456 e. The summed E-state index contributed by atoms with van der Waals surface area (Å²) in [4.78, 5) is 1.04. The molecule has 0 aliphatic heterocycles. The van der Waals surface area contributed by atoms with E-state index in [4.69, 9.17) is 21.8 Å². The van der Waals surface area contributed by atoms with E-state index in [0.29, 0.717) is 16.5 Å². The smallest absolute Gasteiger partial charge is 0.169 e. The second kappa shape index (κ2) is 6.10. The number of halogens is 2. The van der Waals surface area contributed by atoms with E-state index in [2.05, 4.69) is 0 Å². The minimum absolute atomic E-state index is 0.260. The molecule has 0 fully saturated rings. The van der Waals surface area contributed by atoms with Crippen molar-refractivity contribution in [3.63, 3.8) is 0 Å². The molecular weight excluding hydrogens is 309 g/mol. The Balaban J connectivity index is 1.75. The van der Waals surface area contributed by atoms with Gasteiger partial charge in [0.15, 0.2) is 11.4 Å². The molecule has 1 aromatic heterocycles. The average Bonchev–Trinajstić information content (AvgIpc) is 2.90. The van der Waals surface area contributed by atoms with Crippen LogP contribution in [0.4, 0.5) is 4.39 Å². The summed E-state index contributed by atoms with van der Waals surface area (Å²) in [6.07, 6.45) is 0. The first-order valence-corrected chi connectivity index (χ1v) is 7.82. The molecule has 0 saturated carbocycles. The van der Waals surface area contributed by atoms with E-state index in [0.717, 1.165) is 10.3 Å². The third kappa shape index (κ3) is 3.23. The summed E-state index contributed by atoms with van der Waals surface area (Å²) in [6.45, 7) is 0. The number of furan rings is 1. The lowest BCUT2D eigenvalue weighted by molar-refractivity contribution is 0.495. The van der Waals surface area contributed by atoms with Gasteiger partial charge in [0, 0.05) is 21.1 Å². The van der Waals surface area contributed by atoms with Crippen molar-refractivity contribution < 1.29 is 8.81 Å². The van der Waals surface area contributed by atoms with Crippen LogP contribution in [0.1, 0.15) is 11.8 Å². The second-order valence-corrected chi connectivity index (χ2v) is 6.21. The molecule has 0 saturated heterocycles. The molecule has 0 amide bonds. The highest BCUT2D eigenvalue weighted by molar-refractivity contribution is 7.99. The van der Waals surface area contributed by atoms with E-state index in [9.17, 15) is 4.39 Å². The fourth-order valence-electron chi connectivity index (χ4n) is 2.06. The number of hydrogen-bond acceptors (Lipinski definition) is 3. The maximum atomic E-state index is 13.6. The first-order chi connectivity index (χ1) is 10.1. The Morgan fingerprint density at radius 3 is 2.76 bits per heavy atom. The molecule has 2 N–H and O–H groups in total. The van der Waals surface area contributed by atoms with Crippen molar-refractivity contribution in [3.8, 4) is 0 Å². The van der Waals surface area contributed by atoms with Crippen molar-refractivity contribution >= 4 is 34.3 Å². The molecule has 3 rings (SSSR count). The first kappa shape index (κ1) is 14.4. The Bertz CT molecular complexity index is 774. The molecule has 1 atom stereocenters. The molecule has 2 nitrogen and oxygen atoms in total. The summed E-state index contributed by atoms with van der Waals surface area (Å²) in [5.41, 5.74) is 6.38. The standard InChI is InChI=1S/C16H13ClFNOS/c17-11-4-2-5-12(8-11)21-9-14(19)15-7-10-3-1-6-13(18)16(10)20-15/h1-8,14H,9,19H2. The van der Waals surface area contributed by atoms with Crippen molar-refractivity contribution in [3.05, 3.63) is 65.1 Å². The van der Waals surface area contributed by atoms with Crippen molar-refractivity contribution in [2.75, 3.05) is 5.75 Å². The van der Waals surface area contributed by atoms with Crippen LogP contribution in [0, 0.1) is 5.82 Å². The van der Waals surface area contributed by atoms with Gasteiger partial charge < -0.3 is 10.2 Å². The molecule has 1 unspecified atom stereocenters. The van der Waals surface area contributed by atoms with Gasteiger partial charge in [0.25, 0.3) is 0 Å². The Morgan fingerprint density at radius 1 is 1.19 bits per heavy atom. The summed E-state index contributed by atoms with van der Waals surface area (Å²) in [7, 11) is 0. The molecule has 0 spiro atoms. The van der Waals surface area contributed by atoms with Gasteiger partial charge in [0.05, 0.1) is 6.04 Å². The van der Waals surface area contributed by atoms with Gasteiger partial charge in [-0.2, -0.15) is 0 Å². The Labute approximate surface area is 131 Å². The summed E-state index contributed by atoms with van der Waals surface area (Å²) >= 11 is 7.53. The van der Waals surface area contributed by atoms with E-state index < -0.39 is 0 Å². The predicted molar refractivity (Wildman–Crippen MR) is 85.3 cm³/mol. The molecule has 0 bridgehead atoms. The number of rotatable bonds is 4. The largest absolute Gasteiger partial charge is 0.456 e. The predicted octanol–water partition coefficient (Wildman–Crippen LogP) is 5.02. The number of para-hydroxylation sites is 1. The number of benzene rings is 2. The molecule has 3 aromatic rings. The second-order valence-electron chi connectivity index (χ2n) is 4.68. The fourth-order valence-corrected chi connectivity index (χ4v) is 3.23. The highest BCUT2D eigenvalue weighted by Gasteiger charge is 2.14. The van der Waals surface area contributed by atoms with Gasteiger partial charge in [-0.3, -0.25) is 0 Å². The zero-order valence-corrected chi connectivity index (χ0v) is 12.6. The third-order valence-corrected chi connectivity index (χ3v) is 4.45. The molecular formula is C16H13ClFNOS. The van der Waals surface area contributed by atoms with Crippen molar-refractivity contribution in [1.29, 1.82) is 0 Å². The van der Waals surface area contributed by atoms with Gasteiger partial charge in [0.2, 0.25) is 0 Å². The highest BCUT2D eigenvalue weighted by atomic mass is 35.5. The lowest BCUT2D eigenvalue weighted by atomic mass is 10.2. The Hall–Kier alpha value is -1.49. The summed E-state index contributed by atoms with van der Waals surface area (Å²) in [6, 6.07) is 13.9. The molecule has 0 radical (unpaired) electrons. The first-order valence-electron chi connectivity index (χ1n) is 6.45. The quantitative estimate of drug-likeness (QED) is 0.686. The maximum Gasteiger partial charge on any atom is 0.169 e. The topological polar surface area (TPSA) is 39.2 Å². The number of fused-ring (bicyclic) bond motifs is 1. The van der Waals surface area contributed by atoms with Crippen LogP contribution < -0.4 is 5.73 Å². The van der Waals surface area contributed by atoms with Crippen LogP contribution in [0.2, 0.25) is 5.02 Å². The number of hydrogen-bond donors (Lipinski definition) is 1. The zero-order valence-electron chi connectivity index (χ0n) is 11.1. The third-order valence-electron chi connectivity index (χ3n) is 3.11. The summed E-state index contributed by atoms with van der Waals surface area (Å²) < 4.78 is 19.1. The monoisotopic (exact) mass is 321 g/mol. The molecule has 0 aliphatic carbocycles. The molecule has 1 heterocycles. The lowest BCUT2D eigenvalue weighted by Crippen LogP contribution is -2.11. The maximum absolute atomic E-state index is 13.6. The number of thioether (sulfide) groups is 1. The van der Waals surface area contributed by atoms with Crippen LogP contribution in [0.15, 0.2) is 57.8 Å². The Kier molecular flexibility index (Phi) is 4.19. The van der Waals surface area contributed by atoms with Crippen LogP contribution in [0.3, 0.4) is 0 Å². The summed E-state index contributed by atoms with van der Waals surface area (Å²) in [5, 5.41) is 1.42. The zero-order chi connectivity index (χ0) is 14.8. The van der Waals surface area contributed by atoms with Gasteiger partial charge in [-0.25, -0.2) is 4.39 Å². The number of nitrogens with two attached hydrogens (primary N) is 1. The molecule has 0 aliphatic rings. The van der Waals surface area contributed by atoms with Gasteiger partial charge in [-0.05, 0) is 30.3 Å². The minimum atomic E-state index is -0.367. The average molecular weight is 322 g/mol. The SMILES string of the molecule is NC(CSc1cccc(Cl)c1)c1cc2cccc(F)c2o1. The molecule has 21 heavy (non-hydrogen) atoms. The fraction of sp³-hybridized carbons (Fsp3) is 0.125. The van der Waals surface area contributed by atoms with Gasteiger partial charge in [0.1, 0.15) is 5.76 Å². The lowest BCUT2D eigenvalue weighted by Gasteiger charge is -2.08. The highest BCUT2D eigenvalue weighted by Crippen LogP contribution is 2.29.